The molecule has 1 aromatic rings. The average molecular weight is 239 g/mol. The Morgan fingerprint density at radius 3 is 2.76 bits per heavy atom. The first-order valence-corrected chi connectivity index (χ1v) is 5.99. The highest BCUT2D eigenvalue weighted by Gasteiger charge is 2.39. The Morgan fingerprint density at radius 2 is 2.18 bits per heavy atom. The first-order chi connectivity index (χ1) is 8.19. The number of hydrogen-bond acceptors (Lipinski definition) is 3. The number of hydrogen-bond donors (Lipinski definition) is 1. The number of fused-ring (bicyclic) bond motifs is 2. The molecular weight excluding hydrogens is 224 g/mol. The number of nitrogens with zero attached hydrogens (tertiary/aromatic N) is 2. The molecule has 2 atom stereocenters. The largest absolute Gasteiger partial charge is 0.371 e. The number of anilines is 2. The molecule has 3 nitrogen and oxygen atoms in total. The van der Waals surface area contributed by atoms with Crippen LogP contribution in [0.15, 0.2) is 6.07 Å². The lowest BCUT2D eigenvalue weighted by atomic mass is 10.1. The van der Waals surface area contributed by atoms with Crippen LogP contribution in [0, 0.1) is 17.6 Å². The lowest BCUT2D eigenvalue weighted by molar-refractivity contribution is 0.527. The number of halogens is 2. The summed E-state index contributed by atoms with van der Waals surface area (Å²) < 4.78 is 27.1. The molecule has 2 heterocycles. The van der Waals surface area contributed by atoms with E-state index in [1.165, 1.54) is 6.42 Å². The van der Waals surface area contributed by atoms with Gasteiger partial charge in [0.05, 0.1) is 0 Å². The molecule has 0 spiro atoms. The topological polar surface area (TPSA) is 28.2 Å². The van der Waals surface area contributed by atoms with Crippen molar-refractivity contribution in [2.75, 3.05) is 23.8 Å². The zero-order chi connectivity index (χ0) is 12.0. The summed E-state index contributed by atoms with van der Waals surface area (Å²) in [5.74, 6) is -0.136. The van der Waals surface area contributed by atoms with Crippen LogP contribution in [0.4, 0.5) is 20.4 Å². The van der Waals surface area contributed by atoms with Gasteiger partial charge in [0.25, 0.3) is 0 Å². The molecule has 0 amide bonds. The van der Waals surface area contributed by atoms with Crippen molar-refractivity contribution < 1.29 is 8.78 Å². The molecule has 3 rings (SSSR count). The Morgan fingerprint density at radius 1 is 1.35 bits per heavy atom. The molecule has 2 bridgehead atoms. The average Bonchev–Trinajstić information content (AvgIpc) is 2.91. The minimum atomic E-state index is -0.641. The quantitative estimate of drug-likeness (QED) is 0.859. The van der Waals surface area contributed by atoms with E-state index in [0.29, 0.717) is 17.8 Å². The third-order valence-electron chi connectivity index (χ3n) is 3.83. The van der Waals surface area contributed by atoms with Gasteiger partial charge in [-0.3, -0.25) is 0 Å². The standard InChI is InChI=1S/C12H15F2N3/c1-15-11-9(13)5-10(14)12(16-11)17-6-7-2-3-8(17)4-7/h5,7-8H,2-4,6H2,1H3,(H,15,16). The van der Waals surface area contributed by atoms with E-state index in [4.69, 9.17) is 0 Å². The van der Waals surface area contributed by atoms with Crippen molar-refractivity contribution in [2.24, 2.45) is 5.92 Å². The molecule has 1 aromatic heterocycles. The number of piperidine rings is 1. The highest BCUT2D eigenvalue weighted by atomic mass is 19.1. The minimum Gasteiger partial charge on any atom is -0.371 e. The van der Waals surface area contributed by atoms with Crippen molar-refractivity contribution >= 4 is 11.6 Å². The van der Waals surface area contributed by atoms with Crippen LogP contribution in [-0.2, 0) is 0 Å². The van der Waals surface area contributed by atoms with Gasteiger partial charge in [0.15, 0.2) is 23.3 Å². The number of aromatic nitrogens is 1. The van der Waals surface area contributed by atoms with Crippen molar-refractivity contribution in [3.05, 3.63) is 17.7 Å². The number of nitrogens with one attached hydrogen (secondary N) is 1. The Balaban J connectivity index is 1.97. The molecule has 1 saturated heterocycles. The molecule has 17 heavy (non-hydrogen) atoms. The van der Waals surface area contributed by atoms with Crippen LogP contribution in [0.1, 0.15) is 19.3 Å². The molecule has 1 aliphatic carbocycles. The van der Waals surface area contributed by atoms with Crippen molar-refractivity contribution in [3.63, 3.8) is 0 Å². The molecule has 0 aromatic carbocycles. The SMILES string of the molecule is CNc1nc(N2CC3CCC2C3)c(F)cc1F. The maximum absolute atomic E-state index is 13.8. The highest BCUT2D eigenvalue weighted by molar-refractivity contribution is 5.51. The van der Waals surface area contributed by atoms with Gasteiger partial charge in [-0.1, -0.05) is 0 Å². The van der Waals surface area contributed by atoms with Crippen molar-refractivity contribution in [1.29, 1.82) is 0 Å². The van der Waals surface area contributed by atoms with Gasteiger partial charge >= 0.3 is 0 Å². The lowest BCUT2D eigenvalue weighted by Crippen LogP contribution is -2.33. The summed E-state index contributed by atoms with van der Waals surface area (Å²) in [5, 5.41) is 2.65. The molecular formula is C12H15F2N3. The molecule has 2 unspecified atom stereocenters. The van der Waals surface area contributed by atoms with E-state index in [1.807, 2.05) is 4.90 Å². The number of pyridine rings is 1. The predicted octanol–water partition coefficient (Wildman–Crippen LogP) is 2.39. The Labute approximate surface area is 98.8 Å². The van der Waals surface area contributed by atoms with Crippen molar-refractivity contribution in [1.82, 2.24) is 4.98 Å². The fourth-order valence-corrected chi connectivity index (χ4v) is 3.02. The van der Waals surface area contributed by atoms with Crippen molar-refractivity contribution in [2.45, 2.75) is 25.3 Å². The molecule has 1 saturated carbocycles. The van der Waals surface area contributed by atoms with Crippen LogP contribution in [0.25, 0.3) is 0 Å². The van der Waals surface area contributed by atoms with Gasteiger partial charge in [-0.05, 0) is 25.2 Å². The minimum absolute atomic E-state index is 0.115. The Kier molecular flexibility index (Phi) is 2.42. The van der Waals surface area contributed by atoms with E-state index in [0.717, 1.165) is 25.5 Å². The van der Waals surface area contributed by atoms with Crippen molar-refractivity contribution in [3.8, 4) is 0 Å². The summed E-state index contributed by atoms with van der Waals surface area (Å²) in [7, 11) is 1.59. The molecule has 2 aliphatic rings. The van der Waals surface area contributed by atoms with Crippen LogP contribution in [-0.4, -0.2) is 24.6 Å². The van der Waals surface area contributed by atoms with E-state index < -0.39 is 11.6 Å². The maximum Gasteiger partial charge on any atom is 0.168 e. The van der Waals surface area contributed by atoms with Gasteiger partial charge in [0.2, 0.25) is 0 Å². The van der Waals surface area contributed by atoms with Gasteiger partial charge in [-0.2, -0.15) is 0 Å². The predicted molar refractivity (Wildman–Crippen MR) is 62.2 cm³/mol. The van der Waals surface area contributed by atoms with E-state index in [2.05, 4.69) is 10.3 Å². The molecule has 2 fully saturated rings. The molecule has 0 radical (unpaired) electrons. The normalized spacial score (nSPS) is 26.6. The third-order valence-corrected chi connectivity index (χ3v) is 3.83. The zero-order valence-electron chi connectivity index (χ0n) is 9.71. The Bertz CT molecular complexity index is 450. The lowest BCUT2D eigenvalue weighted by Gasteiger charge is -2.28. The smallest absolute Gasteiger partial charge is 0.168 e. The summed E-state index contributed by atoms with van der Waals surface area (Å²) >= 11 is 0. The van der Waals surface area contributed by atoms with E-state index >= 15 is 0 Å². The summed E-state index contributed by atoms with van der Waals surface area (Å²) in [4.78, 5) is 6.05. The summed E-state index contributed by atoms with van der Waals surface area (Å²) in [6.45, 7) is 0.851. The molecule has 1 N–H and O–H groups in total. The maximum atomic E-state index is 13.8. The first kappa shape index (κ1) is 10.7. The van der Waals surface area contributed by atoms with Crippen LogP contribution in [0.2, 0.25) is 0 Å². The van der Waals surface area contributed by atoms with Crippen LogP contribution in [0.3, 0.4) is 0 Å². The Hall–Kier alpha value is -1.39. The summed E-state index contributed by atoms with van der Waals surface area (Å²) in [6.07, 6.45) is 3.44. The summed E-state index contributed by atoms with van der Waals surface area (Å²) in [6, 6.07) is 1.30. The molecule has 92 valence electrons. The monoisotopic (exact) mass is 239 g/mol. The number of rotatable bonds is 2. The molecule has 1 aliphatic heterocycles. The van der Waals surface area contributed by atoms with Crippen LogP contribution in [0.5, 0.6) is 0 Å². The fraction of sp³-hybridized carbons (Fsp3) is 0.583. The van der Waals surface area contributed by atoms with Crippen LogP contribution < -0.4 is 10.2 Å². The van der Waals surface area contributed by atoms with E-state index in [-0.39, 0.29) is 5.82 Å². The second-order valence-corrected chi connectivity index (χ2v) is 4.86. The van der Waals surface area contributed by atoms with Crippen LogP contribution >= 0.6 is 0 Å². The second kappa shape index (κ2) is 3.82. The second-order valence-electron chi connectivity index (χ2n) is 4.86. The fourth-order valence-electron chi connectivity index (χ4n) is 3.02. The zero-order valence-corrected chi connectivity index (χ0v) is 9.71. The van der Waals surface area contributed by atoms with Gasteiger partial charge in [-0.15, -0.1) is 0 Å². The third kappa shape index (κ3) is 1.64. The van der Waals surface area contributed by atoms with Gasteiger partial charge in [0.1, 0.15) is 0 Å². The summed E-state index contributed by atoms with van der Waals surface area (Å²) in [5.41, 5.74) is 0. The van der Waals surface area contributed by atoms with Gasteiger partial charge < -0.3 is 10.2 Å². The highest BCUT2D eigenvalue weighted by Crippen LogP contribution is 2.40. The van der Waals surface area contributed by atoms with Gasteiger partial charge in [0, 0.05) is 25.7 Å². The van der Waals surface area contributed by atoms with E-state index in [9.17, 15) is 8.78 Å². The molecule has 5 heteroatoms. The van der Waals surface area contributed by atoms with Gasteiger partial charge in [-0.25, -0.2) is 13.8 Å². The first-order valence-electron chi connectivity index (χ1n) is 5.99. The van der Waals surface area contributed by atoms with E-state index in [1.54, 1.807) is 7.05 Å².